The van der Waals surface area contributed by atoms with Gasteiger partial charge in [0.2, 0.25) is 15.9 Å². The number of nitrogens with zero attached hydrogens (tertiary/aromatic N) is 1. The van der Waals surface area contributed by atoms with Gasteiger partial charge in [0.05, 0.1) is 24.8 Å². The Hall–Kier alpha value is -3.56. The molecule has 34 heavy (non-hydrogen) atoms. The maximum Gasteiger partial charge on any atom is 0.243 e. The third-order valence-corrected chi connectivity index (χ3v) is 6.86. The van der Waals surface area contributed by atoms with Gasteiger partial charge in [0.15, 0.2) is 11.5 Å². The molecule has 0 aliphatic carbocycles. The van der Waals surface area contributed by atoms with Gasteiger partial charge in [-0.2, -0.15) is 4.31 Å². The highest BCUT2D eigenvalue weighted by Gasteiger charge is 2.23. The zero-order valence-corrected chi connectivity index (χ0v) is 20.4. The first-order chi connectivity index (χ1) is 16.2. The van der Waals surface area contributed by atoms with Crippen LogP contribution in [0.2, 0.25) is 0 Å². The van der Waals surface area contributed by atoms with Crippen LogP contribution in [0.5, 0.6) is 17.2 Å². The lowest BCUT2D eigenvalue weighted by molar-refractivity contribution is -0.114. The number of amides is 1. The summed E-state index contributed by atoms with van der Waals surface area (Å²) >= 11 is 0. The first kappa shape index (κ1) is 25.1. The first-order valence-electron chi connectivity index (χ1n) is 10.5. The number of nitrogens with one attached hydrogen (secondary N) is 1. The third-order valence-electron chi connectivity index (χ3n) is 5.06. The topological polar surface area (TPSA) is 94.2 Å². The van der Waals surface area contributed by atoms with Gasteiger partial charge in [-0.3, -0.25) is 4.79 Å². The number of hydrogen-bond acceptors (Lipinski definition) is 6. The van der Waals surface area contributed by atoms with Crippen molar-refractivity contribution >= 4 is 21.6 Å². The monoisotopic (exact) mass is 484 g/mol. The minimum atomic E-state index is -3.84. The van der Waals surface area contributed by atoms with E-state index in [2.05, 4.69) is 5.32 Å². The van der Waals surface area contributed by atoms with Crippen LogP contribution in [0.15, 0.2) is 71.6 Å². The molecule has 0 spiro atoms. The third kappa shape index (κ3) is 6.06. The fourth-order valence-corrected chi connectivity index (χ4v) is 4.51. The minimum Gasteiger partial charge on any atom is -0.495 e. The van der Waals surface area contributed by atoms with E-state index in [4.69, 9.17) is 14.2 Å². The van der Waals surface area contributed by atoms with E-state index >= 15 is 0 Å². The molecule has 3 aromatic carbocycles. The molecule has 0 saturated carbocycles. The van der Waals surface area contributed by atoms with Crippen LogP contribution in [0.1, 0.15) is 18.1 Å². The Morgan fingerprint density at radius 3 is 2.21 bits per heavy atom. The molecule has 180 valence electrons. The number of carbonyl (C=O) groups excluding carboxylic acids is 1. The molecule has 0 unspecified atom stereocenters. The first-order valence-corrected chi connectivity index (χ1v) is 11.9. The standard InChI is InChI=1S/C25H28N2O6S/c1-18(28)26-22-15-21(11-13-23(22)31-3)34(29,30)27(2)16-20-10-12-24(25(14-20)32-4)33-17-19-8-6-5-7-9-19/h5-15H,16-17H2,1-4H3,(H,26,28). The zero-order chi connectivity index (χ0) is 24.7. The van der Waals surface area contributed by atoms with Crippen LogP contribution in [0.4, 0.5) is 5.69 Å². The molecule has 8 nitrogen and oxygen atoms in total. The quantitative estimate of drug-likeness (QED) is 0.466. The molecule has 0 bridgehead atoms. The maximum atomic E-state index is 13.2. The van der Waals surface area contributed by atoms with Crippen molar-refractivity contribution in [3.05, 3.63) is 77.9 Å². The summed E-state index contributed by atoms with van der Waals surface area (Å²) in [6.45, 7) is 1.84. The fourth-order valence-electron chi connectivity index (χ4n) is 3.32. The second-order valence-corrected chi connectivity index (χ2v) is 9.61. The van der Waals surface area contributed by atoms with Gasteiger partial charge in [0.1, 0.15) is 12.4 Å². The predicted molar refractivity (Wildman–Crippen MR) is 130 cm³/mol. The van der Waals surface area contributed by atoms with Crippen molar-refractivity contribution in [3.8, 4) is 17.2 Å². The van der Waals surface area contributed by atoms with Gasteiger partial charge in [-0.1, -0.05) is 36.4 Å². The highest BCUT2D eigenvalue weighted by molar-refractivity contribution is 7.89. The Kier molecular flexibility index (Phi) is 8.14. The molecule has 0 aliphatic rings. The molecule has 0 heterocycles. The molecule has 0 aromatic heterocycles. The number of ether oxygens (including phenoxy) is 3. The number of benzene rings is 3. The maximum absolute atomic E-state index is 13.2. The molecular weight excluding hydrogens is 456 g/mol. The van der Waals surface area contributed by atoms with E-state index < -0.39 is 10.0 Å². The van der Waals surface area contributed by atoms with Crippen LogP contribution in [0.25, 0.3) is 0 Å². The molecule has 1 amide bonds. The van der Waals surface area contributed by atoms with Gasteiger partial charge in [-0.05, 0) is 41.5 Å². The Labute approximate surface area is 200 Å². The van der Waals surface area contributed by atoms with E-state index in [1.807, 2.05) is 30.3 Å². The average molecular weight is 485 g/mol. The number of anilines is 1. The van der Waals surface area contributed by atoms with Gasteiger partial charge in [0, 0.05) is 20.5 Å². The van der Waals surface area contributed by atoms with Crippen LogP contribution < -0.4 is 19.5 Å². The van der Waals surface area contributed by atoms with E-state index in [0.717, 1.165) is 11.1 Å². The van der Waals surface area contributed by atoms with E-state index in [1.165, 1.54) is 50.7 Å². The van der Waals surface area contributed by atoms with Gasteiger partial charge >= 0.3 is 0 Å². The second-order valence-electron chi connectivity index (χ2n) is 7.56. The molecule has 0 aliphatic heterocycles. The van der Waals surface area contributed by atoms with Gasteiger partial charge in [-0.15, -0.1) is 0 Å². The summed E-state index contributed by atoms with van der Waals surface area (Å²) in [5, 5.41) is 2.59. The molecule has 0 atom stereocenters. The van der Waals surface area contributed by atoms with Crippen LogP contribution >= 0.6 is 0 Å². The molecule has 9 heteroatoms. The van der Waals surface area contributed by atoms with Crippen molar-refractivity contribution in [2.45, 2.75) is 25.0 Å². The van der Waals surface area contributed by atoms with E-state index in [-0.39, 0.29) is 23.0 Å². The van der Waals surface area contributed by atoms with Crippen LogP contribution in [0, 0.1) is 0 Å². The largest absolute Gasteiger partial charge is 0.495 e. The lowest BCUT2D eigenvalue weighted by Gasteiger charge is -2.19. The summed E-state index contributed by atoms with van der Waals surface area (Å²) in [5.41, 5.74) is 2.04. The van der Waals surface area contributed by atoms with Gasteiger partial charge in [0.25, 0.3) is 0 Å². The summed E-state index contributed by atoms with van der Waals surface area (Å²) < 4.78 is 44.1. The van der Waals surface area contributed by atoms with Gasteiger partial charge < -0.3 is 19.5 Å². The Balaban J connectivity index is 1.77. The average Bonchev–Trinajstić information content (AvgIpc) is 2.83. The van der Waals surface area contributed by atoms with Crippen molar-refractivity contribution in [2.24, 2.45) is 0 Å². The number of methoxy groups -OCH3 is 2. The molecule has 1 N–H and O–H groups in total. The second kappa shape index (κ2) is 11.0. The molecule has 0 fully saturated rings. The number of sulfonamides is 1. The van der Waals surface area contributed by atoms with Crippen molar-refractivity contribution in [1.82, 2.24) is 4.31 Å². The Morgan fingerprint density at radius 2 is 1.56 bits per heavy atom. The smallest absolute Gasteiger partial charge is 0.243 e. The Morgan fingerprint density at radius 1 is 0.882 bits per heavy atom. The zero-order valence-electron chi connectivity index (χ0n) is 19.6. The summed E-state index contributed by atoms with van der Waals surface area (Å²) in [4.78, 5) is 11.5. The molecule has 0 saturated heterocycles. The SMILES string of the molecule is COc1ccc(S(=O)(=O)N(C)Cc2ccc(OCc3ccccc3)c(OC)c2)cc1NC(C)=O. The predicted octanol–water partition coefficient (Wildman–Crippen LogP) is 4.06. The molecular formula is C25H28N2O6S. The minimum absolute atomic E-state index is 0.0364. The summed E-state index contributed by atoms with van der Waals surface area (Å²) in [5.74, 6) is 1.11. The van der Waals surface area contributed by atoms with Crippen LogP contribution in [0.3, 0.4) is 0 Å². The van der Waals surface area contributed by atoms with Crippen molar-refractivity contribution in [2.75, 3.05) is 26.6 Å². The summed E-state index contributed by atoms with van der Waals surface area (Å²) in [7, 11) is 0.632. The van der Waals surface area contributed by atoms with Gasteiger partial charge in [-0.25, -0.2) is 8.42 Å². The molecule has 0 radical (unpaired) electrons. The van der Waals surface area contributed by atoms with Crippen LogP contribution in [-0.4, -0.2) is 39.9 Å². The normalized spacial score (nSPS) is 11.2. The fraction of sp³-hybridized carbons (Fsp3) is 0.240. The molecule has 3 aromatic rings. The highest BCUT2D eigenvalue weighted by Crippen LogP contribution is 2.31. The Bertz CT molecular complexity index is 1250. The van der Waals surface area contributed by atoms with Crippen molar-refractivity contribution < 1.29 is 27.4 Å². The molecule has 3 rings (SSSR count). The van der Waals surface area contributed by atoms with Crippen molar-refractivity contribution in [3.63, 3.8) is 0 Å². The van der Waals surface area contributed by atoms with E-state index in [1.54, 1.807) is 18.2 Å². The van der Waals surface area contributed by atoms with E-state index in [0.29, 0.717) is 23.9 Å². The number of carbonyl (C=O) groups is 1. The lowest BCUT2D eigenvalue weighted by Crippen LogP contribution is -2.26. The number of rotatable bonds is 10. The summed E-state index contributed by atoms with van der Waals surface area (Å²) in [6, 6.07) is 19.4. The summed E-state index contributed by atoms with van der Waals surface area (Å²) in [6.07, 6.45) is 0. The van der Waals surface area contributed by atoms with Crippen molar-refractivity contribution in [1.29, 1.82) is 0 Å². The van der Waals surface area contributed by atoms with Crippen LogP contribution in [-0.2, 0) is 28.0 Å². The lowest BCUT2D eigenvalue weighted by atomic mass is 10.2. The number of hydrogen-bond donors (Lipinski definition) is 1. The van der Waals surface area contributed by atoms with E-state index in [9.17, 15) is 13.2 Å². The highest BCUT2D eigenvalue weighted by atomic mass is 32.2.